The van der Waals surface area contributed by atoms with E-state index in [4.69, 9.17) is 5.73 Å². The van der Waals surface area contributed by atoms with Crippen LogP contribution in [-0.4, -0.2) is 61.6 Å². The Bertz CT molecular complexity index is 654. The molecule has 1 aliphatic heterocycles. The van der Waals surface area contributed by atoms with E-state index in [1.165, 1.54) is 35.1 Å². The second kappa shape index (κ2) is 7.24. The first-order chi connectivity index (χ1) is 10.8. The fourth-order valence-corrected chi connectivity index (χ4v) is 3.65. The number of carbonyl (C=O) groups is 1. The van der Waals surface area contributed by atoms with Crippen LogP contribution in [0.2, 0.25) is 0 Å². The van der Waals surface area contributed by atoms with Crippen LogP contribution in [-0.2, 0) is 10.2 Å². The lowest BCUT2D eigenvalue weighted by Gasteiger charge is -2.32. The molecule has 0 unspecified atom stereocenters. The molecule has 0 spiro atoms. The van der Waals surface area contributed by atoms with Gasteiger partial charge in [-0.2, -0.15) is 17.0 Å². The van der Waals surface area contributed by atoms with Gasteiger partial charge in [0.05, 0.1) is 17.4 Å². The fraction of sp³-hybridized carbons (Fsp3) is 0.571. The average Bonchev–Trinajstić information content (AvgIpc) is 2.53. The first-order valence-electron chi connectivity index (χ1n) is 7.47. The van der Waals surface area contributed by atoms with E-state index in [2.05, 4.69) is 10.3 Å². The monoisotopic (exact) mass is 341 g/mol. The number of rotatable bonds is 5. The molecule has 0 aliphatic carbocycles. The SMILES string of the molecule is CN(C)S(=O)(=O)N1CCC(CNC(=O)c2ccncc2N)CC1. The zero-order valence-electron chi connectivity index (χ0n) is 13.4. The van der Waals surface area contributed by atoms with Gasteiger partial charge in [-0.25, -0.2) is 0 Å². The van der Waals surface area contributed by atoms with Crippen molar-refractivity contribution in [3.05, 3.63) is 24.0 Å². The summed E-state index contributed by atoms with van der Waals surface area (Å²) in [4.78, 5) is 15.9. The Morgan fingerprint density at radius 2 is 2.09 bits per heavy atom. The highest BCUT2D eigenvalue weighted by Gasteiger charge is 2.29. The third-order valence-electron chi connectivity index (χ3n) is 4.01. The summed E-state index contributed by atoms with van der Waals surface area (Å²) in [5.74, 6) is 0.0314. The molecular formula is C14H23N5O3S. The van der Waals surface area contributed by atoms with Crippen LogP contribution in [0.3, 0.4) is 0 Å². The van der Waals surface area contributed by atoms with Crippen LogP contribution in [0.15, 0.2) is 18.5 Å². The Labute approximate surface area is 136 Å². The number of nitrogens with zero attached hydrogens (tertiary/aromatic N) is 3. The van der Waals surface area contributed by atoms with Crippen LogP contribution in [0.1, 0.15) is 23.2 Å². The predicted octanol–water partition coefficient (Wildman–Crippen LogP) is -0.0880. The van der Waals surface area contributed by atoms with E-state index in [1.54, 1.807) is 6.07 Å². The zero-order valence-corrected chi connectivity index (χ0v) is 14.2. The molecule has 1 saturated heterocycles. The molecule has 0 bridgehead atoms. The van der Waals surface area contributed by atoms with Gasteiger partial charge in [-0.3, -0.25) is 9.78 Å². The van der Waals surface area contributed by atoms with Crippen molar-refractivity contribution in [3.8, 4) is 0 Å². The molecule has 1 fully saturated rings. The highest BCUT2D eigenvalue weighted by molar-refractivity contribution is 7.86. The van der Waals surface area contributed by atoms with Gasteiger partial charge in [0.1, 0.15) is 0 Å². The van der Waals surface area contributed by atoms with Gasteiger partial charge in [0.2, 0.25) is 0 Å². The van der Waals surface area contributed by atoms with Crippen LogP contribution in [0, 0.1) is 5.92 Å². The largest absolute Gasteiger partial charge is 0.397 e. The highest BCUT2D eigenvalue weighted by Crippen LogP contribution is 2.20. The maximum atomic E-state index is 12.1. The third kappa shape index (κ3) is 4.18. The molecule has 0 radical (unpaired) electrons. The standard InChI is InChI=1S/C14H23N5O3S/c1-18(2)23(21,22)19-7-4-11(5-8-19)9-17-14(20)12-3-6-16-10-13(12)15/h3,6,10-11H,4-5,7-9,15H2,1-2H3,(H,17,20). The molecule has 1 amide bonds. The summed E-state index contributed by atoms with van der Waals surface area (Å²) >= 11 is 0. The van der Waals surface area contributed by atoms with Crippen LogP contribution >= 0.6 is 0 Å². The number of nitrogens with one attached hydrogen (secondary N) is 1. The summed E-state index contributed by atoms with van der Waals surface area (Å²) in [5.41, 5.74) is 6.48. The van der Waals surface area contributed by atoms with Gasteiger partial charge in [0.25, 0.3) is 16.1 Å². The summed E-state index contributed by atoms with van der Waals surface area (Å²) < 4.78 is 26.8. The number of aromatic nitrogens is 1. The van der Waals surface area contributed by atoms with Gasteiger partial charge in [-0.15, -0.1) is 0 Å². The lowest BCUT2D eigenvalue weighted by molar-refractivity contribution is 0.0942. The van der Waals surface area contributed by atoms with Crippen molar-refractivity contribution < 1.29 is 13.2 Å². The second-order valence-electron chi connectivity index (χ2n) is 5.81. The lowest BCUT2D eigenvalue weighted by Crippen LogP contribution is -2.45. The average molecular weight is 341 g/mol. The predicted molar refractivity (Wildman–Crippen MR) is 87.9 cm³/mol. The van der Waals surface area contributed by atoms with E-state index in [0.717, 1.165) is 12.8 Å². The normalized spacial score (nSPS) is 17.3. The van der Waals surface area contributed by atoms with Crippen LogP contribution in [0.25, 0.3) is 0 Å². The molecule has 8 nitrogen and oxygen atoms in total. The molecule has 3 N–H and O–H groups in total. The third-order valence-corrected chi connectivity index (χ3v) is 5.95. The van der Waals surface area contributed by atoms with Gasteiger partial charge in [-0.1, -0.05) is 0 Å². The Balaban J connectivity index is 1.84. The molecule has 0 aromatic carbocycles. The fourth-order valence-electron chi connectivity index (χ4n) is 2.52. The van der Waals surface area contributed by atoms with Crippen molar-refractivity contribution in [2.24, 2.45) is 5.92 Å². The van der Waals surface area contributed by atoms with E-state index in [0.29, 0.717) is 30.9 Å². The number of anilines is 1. The topological polar surface area (TPSA) is 109 Å². The first-order valence-corrected chi connectivity index (χ1v) is 8.87. The van der Waals surface area contributed by atoms with Crippen molar-refractivity contribution >= 4 is 21.8 Å². The number of nitrogen functional groups attached to an aromatic ring is 1. The van der Waals surface area contributed by atoms with E-state index >= 15 is 0 Å². The van der Waals surface area contributed by atoms with Gasteiger partial charge >= 0.3 is 0 Å². The highest BCUT2D eigenvalue weighted by atomic mass is 32.2. The molecular weight excluding hydrogens is 318 g/mol. The summed E-state index contributed by atoms with van der Waals surface area (Å²) in [6.45, 7) is 1.45. The molecule has 23 heavy (non-hydrogen) atoms. The number of amides is 1. The van der Waals surface area contributed by atoms with E-state index in [1.807, 2.05) is 0 Å². The molecule has 2 heterocycles. The van der Waals surface area contributed by atoms with Crippen molar-refractivity contribution in [1.29, 1.82) is 0 Å². The molecule has 0 atom stereocenters. The van der Waals surface area contributed by atoms with E-state index in [-0.39, 0.29) is 11.8 Å². The van der Waals surface area contributed by atoms with Crippen molar-refractivity contribution in [2.45, 2.75) is 12.8 Å². The van der Waals surface area contributed by atoms with Crippen molar-refractivity contribution in [1.82, 2.24) is 18.9 Å². The molecule has 128 valence electrons. The molecule has 1 aromatic heterocycles. The number of pyridine rings is 1. The number of hydrogen-bond donors (Lipinski definition) is 2. The van der Waals surface area contributed by atoms with Gasteiger partial charge in [0, 0.05) is 39.9 Å². The lowest BCUT2D eigenvalue weighted by atomic mass is 9.98. The summed E-state index contributed by atoms with van der Waals surface area (Å²) in [5, 5.41) is 2.86. The second-order valence-corrected chi connectivity index (χ2v) is 7.95. The Morgan fingerprint density at radius 1 is 1.43 bits per heavy atom. The summed E-state index contributed by atoms with van der Waals surface area (Å²) in [6.07, 6.45) is 4.41. The number of piperidine rings is 1. The van der Waals surface area contributed by atoms with Crippen molar-refractivity contribution in [3.63, 3.8) is 0 Å². The minimum absolute atomic E-state index is 0.228. The molecule has 1 aromatic rings. The quantitative estimate of drug-likeness (QED) is 0.778. The number of hydrogen-bond acceptors (Lipinski definition) is 5. The molecule has 1 aliphatic rings. The Morgan fingerprint density at radius 3 is 2.65 bits per heavy atom. The van der Waals surface area contributed by atoms with Crippen molar-refractivity contribution in [2.75, 3.05) is 39.5 Å². The maximum Gasteiger partial charge on any atom is 0.281 e. The van der Waals surface area contributed by atoms with Crippen LogP contribution < -0.4 is 11.1 Å². The maximum absolute atomic E-state index is 12.1. The van der Waals surface area contributed by atoms with Crippen LogP contribution in [0.5, 0.6) is 0 Å². The van der Waals surface area contributed by atoms with Crippen LogP contribution in [0.4, 0.5) is 5.69 Å². The summed E-state index contributed by atoms with van der Waals surface area (Å²) in [6, 6.07) is 1.58. The first kappa shape index (κ1) is 17.6. The molecule has 0 saturated carbocycles. The zero-order chi connectivity index (χ0) is 17.0. The number of nitrogens with two attached hydrogens (primary N) is 1. The van der Waals surface area contributed by atoms with Gasteiger partial charge < -0.3 is 11.1 Å². The smallest absolute Gasteiger partial charge is 0.281 e. The minimum atomic E-state index is -3.35. The minimum Gasteiger partial charge on any atom is -0.397 e. The summed E-state index contributed by atoms with van der Waals surface area (Å²) in [7, 11) is -0.290. The van der Waals surface area contributed by atoms with E-state index < -0.39 is 10.2 Å². The van der Waals surface area contributed by atoms with E-state index in [9.17, 15) is 13.2 Å². The Kier molecular flexibility index (Phi) is 5.55. The number of carbonyl (C=O) groups excluding carboxylic acids is 1. The Hall–Kier alpha value is -1.71. The van der Waals surface area contributed by atoms with Gasteiger partial charge in [0.15, 0.2) is 0 Å². The van der Waals surface area contributed by atoms with Gasteiger partial charge in [-0.05, 0) is 24.8 Å². The molecule has 9 heteroatoms. The molecule has 2 rings (SSSR count).